The lowest BCUT2D eigenvalue weighted by Gasteiger charge is -2.37. The number of nitrogens with zero attached hydrogens (tertiary/aromatic N) is 4. The first-order valence-electron chi connectivity index (χ1n) is 13.7. The molecule has 1 N–H and O–H groups in total. The Morgan fingerprint density at radius 3 is 2.70 bits per heavy atom. The number of carbonyl (C=O) groups is 1. The quantitative estimate of drug-likeness (QED) is 0.274. The van der Waals surface area contributed by atoms with Gasteiger partial charge in [-0.25, -0.2) is 19.2 Å². The van der Waals surface area contributed by atoms with Crippen LogP contribution in [0.3, 0.4) is 0 Å². The second-order valence-corrected chi connectivity index (χ2v) is 11.0. The summed E-state index contributed by atoms with van der Waals surface area (Å²) >= 11 is 5.79. The number of halogens is 5. The van der Waals surface area contributed by atoms with Gasteiger partial charge in [0.2, 0.25) is 5.88 Å². The summed E-state index contributed by atoms with van der Waals surface area (Å²) in [5, 5.41) is 3.56. The molecule has 1 unspecified atom stereocenters. The minimum absolute atomic E-state index is 0.0602. The zero-order valence-electron chi connectivity index (χ0n) is 23.1. The molecule has 3 aromatic rings. The first-order valence-corrected chi connectivity index (χ1v) is 14.1. The average molecular weight is 622 g/mol. The van der Waals surface area contributed by atoms with Crippen LogP contribution in [0, 0.1) is 5.82 Å². The number of alkyl halides is 3. The van der Waals surface area contributed by atoms with Gasteiger partial charge < -0.3 is 24.4 Å². The molecule has 43 heavy (non-hydrogen) atoms. The summed E-state index contributed by atoms with van der Waals surface area (Å²) in [6, 6.07) is 8.38. The van der Waals surface area contributed by atoms with Crippen molar-refractivity contribution < 1.29 is 36.6 Å². The fourth-order valence-corrected chi connectivity index (χ4v) is 5.58. The third-order valence-electron chi connectivity index (χ3n) is 7.79. The van der Waals surface area contributed by atoms with Crippen LogP contribution in [-0.4, -0.2) is 66.5 Å². The van der Waals surface area contributed by atoms with Gasteiger partial charge in [-0.3, -0.25) is 4.90 Å². The molecule has 228 valence electrons. The highest BCUT2D eigenvalue weighted by Crippen LogP contribution is 2.39. The molecule has 2 atom stereocenters. The van der Waals surface area contributed by atoms with E-state index in [0.29, 0.717) is 49.7 Å². The summed E-state index contributed by atoms with van der Waals surface area (Å²) in [5.74, 6) is -1.28. The Morgan fingerprint density at radius 1 is 1.19 bits per heavy atom. The van der Waals surface area contributed by atoms with Gasteiger partial charge in [0, 0.05) is 43.4 Å². The van der Waals surface area contributed by atoms with Crippen molar-refractivity contribution in [2.75, 3.05) is 43.6 Å². The smallest absolute Gasteiger partial charge is 0.421 e. The number of pyridine rings is 2. The van der Waals surface area contributed by atoms with Gasteiger partial charge in [-0.05, 0) is 48.7 Å². The van der Waals surface area contributed by atoms with Crippen molar-refractivity contribution in [3.63, 3.8) is 0 Å². The van der Waals surface area contributed by atoms with Gasteiger partial charge in [0.1, 0.15) is 24.2 Å². The van der Waals surface area contributed by atoms with E-state index in [-0.39, 0.29) is 35.1 Å². The lowest BCUT2D eigenvalue weighted by Crippen LogP contribution is -2.50. The third kappa shape index (κ3) is 6.20. The highest BCUT2D eigenvalue weighted by molar-refractivity contribution is 6.30. The number of anilines is 2. The van der Waals surface area contributed by atoms with E-state index in [1.165, 1.54) is 19.2 Å². The van der Waals surface area contributed by atoms with Gasteiger partial charge in [-0.15, -0.1) is 0 Å². The Morgan fingerprint density at radius 2 is 2.00 bits per heavy atom. The maximum atomic E-state index is 14.3. The zero-order valence-corrected chi connectivity index (χ0v) is 23.8. The van der Waals surface area contributed by atoms with Crippen LogP contribution in [-0.2, 0) is 35.2 Å². The highest BCUT2D eigenvalue weighted by Gasteiger charge is 2.39. The molecule has 6 rings (SSSR count). The van der Waals surface area contributed by atoms with Crippen LogP contribution in [0.25, 0.3) is 0 Å². The Kier molecular flexibility index (Phi) is 8.05. The Bertz CT molecular complexity index is 1540. The van der Waals surface area contributed by atoms with Crippen molar-refractivity contribution in [1.82, 2.24) is 14.9 Å². The van der Waals surface area contributed by atoms with Crippen molar-refractivity contribution in [2.24, 2.45) is 0 Å². The molecule has 9 nitrogen and oxygen atoms in total. The highest BCUT2D eigenvalue weighted by atomic mass is 35.5. The lowest BCUT2D eigenvalue weighted by atomic mass is 10.0. The number of rotatable bonds is 8. The van der Waals surface area contributed by atoms with Gasteiger partial charge in [0.25, 0.3) is 0 Å². The van der Waals surface area contributed by atoms with Crippen LogP contribution in [0.4, 0.5) is 29.1 Å². The molecular formula is C29H28ClF4N5O4. The first kappa shape index (κ1) is 29.4. The fraction of sp³-hybridized carbons (Fsp3) is 0.414. The van der Waals surface area contributed by atoms with E-state index in [9.17, 15) is 22.4 Å². The number of esters is 1. The molecule has 14 heteroatoms. The van der Waals surface area contributed by atoms with E-state index in [4.69, 9.17) is 25.8 Å². The zero-order chi connectivity index (χ0) is 30.3. The summed E-state index contributed by atoms with van der Waals surface area (Å²) in [5.41, 5.74) is 1.01. The molecule has 3 aliphatic heterocycles. The maximum Gasteiger partial charge on any atom is 0.421 e. The Hall–Kier alpha value is -3.68. The normalized spacial score (nSPS) is 19.7. The number of ether oxygens (including phenoxy) is 3. The molecule has 0 aliphatic carbocycles. The summed E-state index contributed by atoms with van der Waals surface area (Å²) < 4.78 is 72.1. The van der Waals surface area contributed by atoms with Gasteiger partial charge in [-0.2, -0.15) is 13.2 Å². The van der Waals surface area contributed by atoms with Crippen molar-refractivity contribution in [2.45, 2.75) is 44.4 Å². The Balaban J connectivity index is 1.21. The standard InChI is InChI=1S/C29H28ClF4N5O4/c1-41-28(40)22-4-5-24-26(35-22)37-25(39(24)12-19-7-9-42-19)14-38-8-6-16-10-20(29(32,33)34)27(36-23(16)13-38)43-15-17-2-3-18(30)11-21(17)31/h2-5,10-11,19,25H,6-9,12-15H2,1H3,(H,35,37)/t19?,25-/m0/s1. The number of fused-ring (bicyclic) bond motifs is 2. The molecule has 3 aliphatic rings. The van der Waals surface area contributed by atoms with Crippen LogP contribution < -0.4 is 15.0 Å². The number of nitrogens with one attached hydrogen (secondary N) is 1. The molecule has 1 aromatic carbocycles. The second-order valence-electron chi connectivity index (χ2n) is 10.6. The van der Waals surface area contributed by atoms with Crippen molar-refractivity contribution in [3.8, 4) is 5.88 Å². The van der Waals surface area contributed by atoms with E-state index in [1.54, 1.807) is 6.07 Å². The van der Waals surface area contributed by atoms with Crippen molar-refractivity contribution >= 4 is 29.1 Å². The van der Waals surface area contributed by atoms with E-state index in [2.05, 4.69) is 25.1 Å². The number of aromatic nitrogens is 2. The number of carbonyl (C=O) groups excluding carboxylic acids is 1. The van der Waals surface area contributed by atoms with E-state index in [1.807, 2.05) is 6.07 Å². The Labute approximate surface area is 249 Å². The SMILES string of the molecule is COC(=O)c1ccc2c(n1)N[C@H](CN1CCc3cc(C(F)(F)F)c(OCc4ccc(Cl)cc4F)nc3C1)N2CC1CCO1. The molecule has 0 saturated carbocycles. The van der Waals surface area contributed by atoms with Crippen LogP contribution in [0.1, 0.15) is 39.3 Å². The maximum absolute atomic E-state index is 14.3. The second kappa shape index (κ2) is 11.8. The molecule has 0 radical (unpaired) electrons. The molecule has 1 fully saturated rings. The largest absolute Gasteiger partial charge is 0.472 e. The molecule has 0 amide bonds. The lowest BCUT2D eigenvalue weighted by molar-refractivity contribution is -0.139. The predicted molar refractivity (Wildman–Crippen MR) is 149 cm³/mol. The molecule has 2 aromatic heterocycles. The third-order valence-corrected chi connectivity index (χ3v) is 8.03. The molecule has 0 bridgehead atoms. The molecular weight excluding hydrogens is 594 g/mol. The van der Waals surface area contributed by atoms with Crippen LogP contribution >= 0.6 is 11.6 Å². The van der Waals surface area contributed by atoms with Gasteiger partial charge in [0.05, 0.1) is 24.6 Å². The number of methoxy groups -OCH3 is 1. The number of benzene rings is 1. The number of hydrogen-bond acceptors (Lipinski definition) is 9. The van der Waals surface area contributed by atoms with E-state index in [0.717, 1.165) is 24.2 Å². The van der Waals surface area contributed by atoms with Crippen molar-refractivity contribution in [1.29, 1.82) is 0 Å². The first-order chi connectivity index (χ1) is 20.6. The van der Waals surface area contributed by atoms with Crippen molar-refractivity contribution in [3.05, 3.63) is 75.3 Å². The van der Waals surface area contributed by atoms with Gasteiger partial charge in [-0.1, -0.05) is 17.7 Å². The fourth-order valence-electron chi connectivity index (χ4n) is 5.42. The van der Waals surface area contributed by atoms with Crippen LogP contribution in [0.15, 0.2) is 36.4 Å². The van der Waals surface area contributed by atoms with E-state index >= 15 is 0 Å². The topological polar surface area (TPSA) is 89.0 Å². The number of hydrogen-bond donors (Lipinski definition) is 1. The minimum Gasteiger partial charge on any atom is -0.472 e. The summed E-state index contributed by atoms with van der Waals surface area (Å²) in [6.07, 6.45) is -3.60. The molecule has 5 heterocycles. The molecule has 0 spiro atoms. The van der Waals surface area contributed by atoms with E-state index < -0.39 is 36.0 Å². The van der Waals surface area contributed by atoms with Gasteiger partial charge >= 0.3 is 12.1 Å². The summed E-state index contributed by atoms with van der Waals surface area (Å²) in [7, 11) is 1.29. The van der Waals surface area contributed by atoms with Gasteiger partial charge in [0.15, 0.2) is 11.5 Å². The molecule has 1 saturated heterocycles. The summed E-state index contributed by atoms with van der Waals surface area (Å²) in [6.45, 7) is 2.15. The average Bonchev–Trinajstić information content (AvgIpc) is 3.28. The summed E-state index contributed by atoms with van der Waals surface area (Å²) in [4.78, 5) is 25.0. The van der Waals surface area contributed by atoms with Crippen LogP contribution in [0.5, 0.6) is 5.88 Å². The predicted octanol–water partition coefficient (Wildman–Crippen LogP) is 5.06. The monoisotopic (exact) mass is 621 g/mol. The minimum atomic E-state index is -4.70. The van der Waals surface area contributed by atoms with Crippen LogP contribution in [0.2, 0.25) is 5.02 Å².